The van der Waals surface area contributed by atoms with Gasteiger partial charge in [-0.05, 0) is 6.07 Å². The van der Waals surface area contributed by atoms with Crippen molar-refractivity contribution in [1.82, 2.24) is 0 Å². The quantitative estimate of drug-likeness (QED) is 0.491. The molecule has 0 heterocycles. The Morgan fingerprint density at radius 3 is 2.60 bits per heavy atom. The summed E-state index contributed by atoms with van der Waals surface area (Å²) in [5, 5.41) is 20.0. The van der Waals surface area contributed by atoms with E-state index in [2.05, 4.69) is 0 Å². The van der Waals surface area contributed by atoms with Gasteiger partial charge in [0.05, 0.1) is 16.7 Å². The van der Waals surface area contributed by atoms with Gasteiger partial charge in [-0.3, -0.25) is 15.3 Å². The highest BCUT2D eigenvalue weighted by Gasteiger charge is 2.45. The normalized spacial score (nSPS) is 25.2. The number of phenolic OH excluding ortho intramolecular Hbond substituents is 1. The molecule has 0 saturated carbocycles. The molecule has 102 valence electrons. The van der Waals surface area contributed by atoms with Crippen LogP contribution in [0.5, 0.6) is 5.75 Å². The Bertz CT molecular complexity index is 729. The first kappa shape index (κ1) is 12.6. The second-order valence-corrected chi connectivity index (χ2v) is 4.90. The summed E-state index contributed by atoms with van der Waals surface area (Å²) in [6, 6.07) is 4.17. The average Bonchev–Trinajstić information content (AvgIpc) is 2.38. The van der Waals surface area contributed by atoms with Crippen molar-refractivity contribution in [3.05, 3.63) is 52.2 Å². The van der Waals surface area contributed by atoms with E-state index < -0.39 is 17.3 Å². The predicted molar refractivity (Wildman–Crippen MR) is 69.8 cm³/mol. The van der Waals surface area contributed by atoms with Crippen molar-refractivity contribution in [3.63, 3.8) is 0 Å². The first-order valence-electron chi connectivity index (χ1n) is 5.98. The predicted octanol–water partition coefficient (Wildman–Crippen LogP) is -0.0386. The number of benzene rings is 1. The van der Waals surface area contributed by atoms with Crippen LogP contribution in [-0.2, 0) is 0 Å². The van der Waals surface area contributed by atoms with E-state index in [9.17, 15) is 19.8 Å². The van der Waals surface area contributed by atoms with Crippen LogP contribution in [0.4, 0.5) is 0 Å². The van der Waals surface area contributed by atoms with Crippen LogP contribution >= 0.6 is 0 Å². The summed E-state index contributed by atoms with van der Waals surface area (Å²) in [7, 11) is 0. The van der Waals surface area contributed by atoms with E-state index in [4.69, 9.17) is 11.5 Å². The second kappa shape index (κ2) is 3.78. The number of aromatic hydroxyl groups is 1. The van der Waals surface area contributed by atoms with Gasteiger partial charge in [-0.1, -0.05) is 18.2 Å². The molecule has 20 heavy (non-hydrogen) atoms. The molecule has 2 aliphatic rings. The van der Waals surface area contributed by atoms with Crippen molar-refractivity contribution in [2.45, 2.75) is 12.1 Å². The van der Waals surface area contributed by atoms with Gasteiger partial charge in [-0.2, -0.15) is 0 Å². The zero-order valence-corrected chi connectivity index (χ0v) is 10.4. The summed E-state index contributed by atoms with van der Waals surface area (Å²) in [6.07, 6.45) is 1.35. The molecule has 0 aromatic heterocycles. The van der Waals surface area contributed by atoms with Gasteiger partial charge in [-0.15, -0.1) is 0 Å². The Morgan fingerprint density at radius 1 is 1.20 bits per heavy atom. The maximum absolute atomic E-state index is 12.5. The van der Waals surface area contributed by atoms with Crippen molar-refractivity contribution in [2.24, 2.45) is 11.5 Å². The highest BCUT2D eigenvalue weighted by Crippen LogP contribution is 2.39. The van der Waals surface area contributed by atoms with Gasteiger partial charge in [0.25, 0.3) is 0 Å². The van der Waals surface area contributed by atoms with Crippen LogP contribution in [0.1, 0.15) is 27.1 Å². The van der Waals surface area contributed by atoms with Crippen molar-refractivity contribution >= 4 is 11.6 Å². The summed E-state index contributed by atoms with van der Waals surface area (Å²) in [6.45, 7) is 0. The Morgan fingerprint density at radius 2 is 1.90 bits per heavy atom. The standard InChI is InChI=1S/C14H12N2O4/c15-7-4-5-14(16,20)11-10(7)13(19)9-6(12(11)18)2-1-3-8(9)17/h1-4,17,20H,5,15-16H2. The van der Waals surface area contributed by atoms with Crippen LogP contribution in [0.2, 0.25) is 0 Å². The minimum atomic E-state index is -1.94. The number of carbonyl (C=O) groups excluding carboxylic acids is 2. The van der Waals surface area contributed by atoms with Gasteiger partial charge in [0.1, 0.15) is 11.5 Å². The molecule has 1 aromatic carbocycles. The molecule has 1 atom stereocenters. The summed E-state index contributed by atoms with van der Waals surface area (Å²) in [5.74, 6) is -1.50. The number of fused-ring (bicyclic) bond motifs is 1. The summed E-state index contributed by atoms with van der Waals surface area (Å²) >= 11 is 0. The van der Waals surface area contributed by atoms with Gasteiger partial charge in [0.15, 0.2) is 11.6 Å². The Kier molecular flexibility index (Phi) is 2.38. The Labute approximate surface area is 114 Å². The lowest BCUT2D eigenvalue weighted by atomic mass is 9.75. The molecule has 6 N–H and O–H groups in total. The number of hydrogen-bond acceptors (Lipinski definition) is 6. The van der Waals surface area contributed by atoms with Crippen molar-refractivity contribution in [1.29, 1.82) is 0 Å². The van der Waals surface area contributed by atoms with E-state index >= 15 is 0 Å². The van der Waals surface area contributed by atoms with Gasteiger partial charge >= 0.3 is 0 Å². The minimum absolute atomic E-state index is 0.0207. The van der Waals surface area contributed by atoms with Crippen molar-refractivity contribution in [3.8, 4) is 5.75 Å². The number of aliphatic hydroxyl groups is 1. The highest BCUT2D eigenvalue weighted by molar-refractivity contribution is 6.30. The lowest BCUT2D eigenvalue weighted by molar-refractivity contribution is 0.0686. The Balaban J connectivity index is 2.36. The van der Waals surface area contributed by atoms with Crippen LogP contribution in [0.15, 0.2) is 41.1 Å². The number of rotatable bonds is 0. The van der Waals surface area contributed by atoms with Gasteiger partial charge in [-0.25, -0.2) is 0 Å². The number of nitrogens with two attached hydrogens (primary N) is 2. The average molecular weight is 272 g/mol. The third-order valence-corrected chi connectivity index (χ3v) is 3.57. The fourth-order valence-electron chi connectivity index (χ4n) is 2.61. The molecule has 0 radical (unpaired) electrons. The molecule has 2 aliphatic carbocycles. The zero-order valence-electron chi connectivity index (χ0n) is 10.4. The molecule has 6 nitrogen and oxygen atoms in total. The lowest BCUT2D eigenvalue weighted by Gasteiger charge is -2.33. The van der Waals surface area contributed by atoms with Crippen molar-refractivity contribution in [2.75, 3.05) is 0 Å². The Hall–Kier alpha value is -2.44. The molecule has 1 unspecified atom stereocenters. The van der Waals surface area contributed by atoms with E-state index in [0.717, 1.165) is 0 Å². The monoisotopic (exact) mass is 272 g/mol. The first-order valence-corrected chi connectivity index (χ1v) is 5.98. The molecule has 6 heteroatoms. The lowest BCUT2D eigenvalue weighted by Crippen LogP contribution is -2.49. The molecule has 0 fully saturated rings. The summed E-state index contributed by atoms with van der Waals surface area (Å²) in [4.78, 5) is 24.9. The smallest absolute Gasteiger partial charge is 0.200 e. The highest BCUT2D eigenvalue weighted by atomic mass is 16.3. The molecule has 1 aromatic rings. The number of phenols is 1. The van der Waals surface area contributed by atoms with E-state index in [1.54, 1.807) is 0 Å². The minimum Gasteiger partial charge on any atom is -0.507 e. The molecule has 0 bridgehead atoms. The maximum Gasteiger partial charge on any atom is 0.200 e. The molecule has 0 amide bonds. The van der Waals surface area contributed by atoms with E-state index in [0.29, 0.717) is 0 Å². The van der Waals surface area contributed by atoms with Gasteiger partial charge < -0.3 is 15.9 Å². The number of hydrogen-bond donors (Lipinski definition) is 4. The number of carbonyl (C=O) groups is 2. The largest absolute Gasteiger partial charge is 0.507 e. The molecule has 0 spiro atoms. The fourth-order valence-corrected chi connectivity index (χ4v) is 2.61. The molecule has 0 aliphatic heterocycles. The van der Waals surface area contributed by atoms with Crippen LogP contribution in [0.3, 0.4) is 0 Å². The van der Waals surface area contributed by atoms with Crippen LogP contribution in [-0.4, -0.2) is 27.5 Å². The van der Waals surface area contributed by atoms with Gasteiger partial charge in [0.2, 0.25) is 0 Å². The topological polar surface area (TPSA) is 127 Å². The first-order chi connectivity index (χ1) is 9.34. The van der Waals surface area contributed by atoms with Crippen LogP contribution < -0.4 is 11.5 Å². The second-order valence-electron chi connectivity index (χ2n) is 4.90. The SMILES string of the molecule is NC1=CCC(N)(O)C2=C1C(=O)c1c(O)cccc1C2=O. The fraction of sp³-hybridized carbons (Fsp3) is 0.143. The number of allylic oxidation sites excluding steroid dienone is 1. The maximum atomic E-state index is 12.5. The summed E-state index contributed by atoms with van der Waals surface area (Å²) in [5.41, 5.74) is 9.19. The zero-order chi connectivity index (χ0) is 14.7. The molecule has 0 saturated heterocycles. The molecule has 3 rings (SSSR count). The molecular formula is C14H12N2O4. The molecular weight excluding hydrogens is 260 g/mol. The van der Waals surface area contributed by atoms with Crippen LogP contribution in [0, 0.1) is 0 Å². The van der Waals surface area contributed by atoms with E-state index in [-0.39, 0.29) is 40.1 Å². The van der Waals surface area contributed by atoms with Gasteiger partial charge in [0, 0.05) is 17.7 Å². The third kappa shape index (κ3) is 1.46. The third-order valence-electron chi connectivity index (χ3n) is 3.57. The summed E-state index contributed by atoms with van der Waals surface area (Å²) < 4.78 is 0. The van der Waals surface area contributed by atoms with Crippen LogP contribution in [0.25, 0.3) is 0 Å². The number of ketones is 2. The number of Topliss-reactive ketones (excluding diaryl/α,β-unsaturated/α-hetero) is 2. The van der Waals surface area contributed by atoms with E-state index in [1.165, 1.54) is 24.3 Å². The van der Waals surface area contributed by atoms with Crippen molar-refractivity contribution < 1.29 is 19.8 Å². The van der Waals surface area contributed by atoms with E-state index in [1.807, 2.05) is 0 Å².